The van der Waals surface area contributed by atoms with Crippen LogP contribution in [0.15, 0.2) is 24.3 Å². The summed E-state index contributed by atoms with van der Waals surface area (Å²) in [5, 5.41) is 12.6. The lowest BCUT2D eigenvalue weighted by Gasteiger charge is -2.22. The molecule has 1 amide bonds. The Kier molecular flexibility index (Phi) is 4.33. The molecule has 0 aliphatic carbocycles. The Morgan fingerprint density at radius 1 is 1.39 bits per heavy atom. The first kappa shape index (κ1) is 13.1. The molecule has 1 atom stereocenters. The molecule has 2 N–H and O–H groups in total. The van der Waals surface area contributed by atoms with Gasteiger partial charge in [-0.3, -0.25) is 4.79 Å². The smallest absolute Gasteiger partial charge is 0.227 e. The van der Waals surface area contributed by atoms with Crippen LogP contribution in [-0.4, -0.2) is 24.2 Å². The lowest BCUT2D eigenvalue weighted by atomic mass is 9.99. The summed E-state index contributed by atoms with van der Waals surface area (Å²) in [4.78, 5) is 12.1. The van der Waals surface area contributed by atoms with E-state index in [2.05, 4.69) is 5.32 Å². The Labute approximate surface area is 107 Å². The van der Waals surface area contributed by atoms with Gasteiger partial charge in [0.15, 0.2) is 0 Å². The lowest BCUT2D eigenvalue weighted by molar-refractivity contribution is -0.122. The molecule has 0 aromatic heterocycles. The first-order chi connectivity index (χ1) is 8.68. The van der Waals surface area contributed by atoms with E-state index in [4.69, 9.17) is 4.74 Å². The van der Waals surface area contributed by atoms with Crippen molar-refractivity contribution < 1.29 is 14.6 Å². The summed E-state index contributed by atoms with van der Waals surface area (Å²) in [6.45, 7) is 2.99. The van der Waals surface area contributed by atoms with Crippen LogP contribution in [0.4, 0.5) is 5.69 Å². The molecule has 98 valence electrons. The Bertz CT molecular complexity index is 411. The molecule has 1 aliphatic rings. The Morgan fingerprint density at radius 2 is 2.06 bits per heavy atom. The molecule has 1 unspecified atom stereocenters. The summed E-state index contributed by atoms with van der Waals surface area (Å²) < 4.78 is 5.24. The topological polar surface area (TPSA) is 58.6 Å². The number of hydrogen-bond donors (Lipinski definition) is 2. The van der Waals surface area contributed by atoms with Gasteiger partial charge in [-0.25, -0.2) is 0 Å². The molecular formula is C14H19NO3. The van der Waals surface area contributed by atoms with Crippen molar-refractivity contribution in [1.29, 1.82) is 0 Å². The second kappa shape index (κ2) is 5.98. The number of hydrogen-bond acceptors (Lipinski definition) is 3. The number of aliphatic hydroxyl groups is 1. The quantitative estimate of drug-likeness (QED) is 0.862. The van der Waals surface area contributed by atoms with Gasteiger partial charge in [-0.2, -0.15) is 0 Å². The van der Waals surface area contributed by atoms with Gasteiger partial charge in [-0.05, 0) is 25.8 Å². The van der Waals surface area contributed by atoms with Crippen LogP contribution in [0.1, 0.15) is 31.4 Å². The SMILES string of the molecule is CC(O)c1ccccc1NC(=O)C1CCOCC1. The Hall–Kier alpha value is -1.39. The van der Waals surface area contributed by atoms with Crippen molar-refractivity contribution in [1.82, 2.24) is 0 Å². The minimum absolute atomic E-state index is 0.0146. The Morgan fingerprint density at radius 3 is 2.72 bits per heavy atom. The highest BCUT2D eigenvalue weighted by Gasteiger charge is 2.22. The van der Waals surface area contributed by atoms with Crippen LogP contribution in [0, 0.1) is 5.92 Å². The molecule has 0 spiro atoms. The largest absolute Gasteiger partial charge is 0.389 e. The van der Waals surface area contributed by atoms with Gasteiger partial charge >= 0.3 is 0 Å². The molecular weight excluding hydrogens is 230 g/mol. The molecule has 1 saturated heterocycles. The van der Waals surface area contributed by atoms with Crippen molar-refractivity contribution >= 4 is 11.6 Å². The molecule has 0 radical (unpaired) electrons. The standard InChI is InChI=1S/C14H19NO3/c1-10(16)12-4-2-3-5-13(12)15-14(17)11-6-8-18-9-7-11/h2-5,10-11,16H,6-9H2,1H3,(H,15,17). The average molecular weight is 249 g/mol. The molecule has 1 heterocycles. The van der Waals surface area contributed by atoms with Gasteiger partial charge in [-0.1, -0.05) is 18.2 Å². The normalized spacial score (nSPS) is 18.3. The van der Waals surface area contributed by atoms with E-state index in [-0.39, 0.29) is 11.8 Å². The fourth-order valence-electron chi connectivity index (χ4n) is 2.17. The van der Waals surface area contributed by atoms with Crippen molar-refractivity contribution in [3.05, 3.63) is 29.8 Å². The molecule has 1 fully saturated rings. The van der Waals surface area contributed by atoms with Gasteiger partial charge < -0.3 is 15.2 Å². The van der Waals surface area contributed by atoms with Gasteiger partial charge in [0.05, 0.1) is 6.10 Å². The number of carbonyl (C=O) groups excluding carboxylic acids is 1. The first-order valence-corrected chi connectivity index (χ1v) is 6.34. The van der Waals surface area contributed by atoms with E-state index >= 15 is 0 Å². The van der Waals surface area contributed by atoms with Gasteiger partial charge in [0.25, 0.3) is 0 Å². The number of anilines is 1. The molecule has 1 aromatic carbocycles. The van der Waals surface area contributed by atoms with Gasteiger partial charge in [0, 0.05) is 30.4 Å². The summed E-state index contributed by atoms with van der Waals surface area (Å²) in [6, 6.07) is 7.35. The van der Waals surface area contributed by atoms with E-state index in [1.54, 1.807) is 6.92 Å². The van der Waals surface area contributed by atoms with Gasteiger partial charge in [0.2, 0.25) is 5.91 Å². The summed E-state index contributed by atoms with van der Waals surface area (Å²) >= 11 is 0. The van der Waals surface area contributed by atoms with Crippen molar-refractivity contribution in [2.45, 2.75) is 25.9 Å². The van der Waals surface area contributed by atoms with Crippen LogP contribution in [0.2, 0.25) is 0 Å². The zero-order chi connectivity index (χ0) is 13.0. The van der Waals surface area contributed by atoms with Crippen LogP contribution < -0.4 is 5.32 Å². The molecule has 18 heavy (non-hydrogen) atoms. The number of benzene rings is 1. The van der Waals surface area contributed by atoms with Crippen molar-refractivity contribution in [3.8, 4) is 0 Å². The molecule has 0 saturated carbocycles. The highest BCUT2D eigenvalue weighted by molar-refractivity contribution is 5.93. The monoisotopic (exact) mass is 249 g/mol. The zero-order valence-electron chi connectivity index (χ0n) is 10.6. The number of rotatable bonds is 3. The Balaban J connectivity index is 2.06. The third-order valence-electron chi connectivity index (χ3n) is 3.26. The van der Waals surface area contributed by atoms with Crippen molar-refractivity contribution in [2.24, 2.45) is 5.92 Å². The molecule has 0 bridgehead atoms. The van der Waals surface area contributed by atoms with E-state index in [1.165, 1.54) is 0 Å². The maximum atomic E-state index is 12.1. The lowest BCUT2D eigenvalue weighted by Crippen LogP contribution is -2.28. The maximum Gasteiger partial charge on any atom is 0.227 e. The predicted octanol–water partition coefficient (Wildman–Crippen LogP) is 2.10. The highest BCUT2D eigenvalue weighted by Crippen LogP contribution is 2.24. The maximum absolute atomic E-state index is 12.1. The van der Waals surface area contributed by atoms with Crippen LogP contribution >= 0.6 is 0 Å². The van der Waals surface area contributed by atoms with E-state index in [0.29, 0.717) is 18.9 Å². The highest BCUT2D eigenvalue weighted by atomic mass is 16.5. The second-order valence-electron chi connectivity index (χ2n) is 4.64. The average Bonchev–Trinajstić information content (AvgIpc) is 2.40. The summed E-state index contributed by atoms with van der Waals surface area (Å²) in [6.07, 6.45) is 0.946. The molecule has 4 heteroatoms. The summed E-state index contributed by atoms with van der Waals surface area (Å²) in [5.74, 6) is 0.0344. The second-order valence-corrected chi connectivity index (χ2v) is 4.64. The fraction of sp³-hybridized carbons (Fsp3) is 0.500. The molecule has 1 aliphatic heterocycles. The fourth-order valence-corrected chi connectivity index (χ4v) is 2.17. The van der Waals surface area contributed by atoms with Crippen molar-refractivity contribution in [3.63, 3.8) is 0 Å². The van der Waals surface area contributed by atoms with Crippen LogP contribution in [-0.2, 0) is 9.53 Å². The number of nitrogens with one attached hydrogen (secondary N) is 1. The number of amides is 1. The van der Waals surface area contributed by atoms with Crippen LogP contribution in [0.5, 0.6) is 0 Å². The minimum atomic E-state index is -0.587. The first-order valence-electron chi connectivity index (χ1n) is 6.34. The predicted molar refractivity (Wildman–Crippen MR) is 69.2 cm³/mol. The van der Waals surface area contributed by atoms with Crippen LogP contribution in [0.25, 0.3) is 0 Å². The number of ether oxygens (including phenoxy) is 1. The number of aliphatic hydroxyl groups excluding tert-OH is 1. The van der Waals surface area contributed by atoms with Gasteiger partial charge in [0.1, 0.15) is 0 Å². The molecule has 4 nitrogen and oxygen atoms in total. The van der Waals surface area contributed by atoms with Gasteiger partial charge in [-0.15, -0.1) is 0 Å². The molecule has 1 aromatic rings. The van der Waals surface area contributed by atoms with Crippen LogP contribution in [0.3, 0.4) is 0 Å². The van der Waals surface area contributed by atoms with E-state index < -0.39 is 6.10 Å². The zero-order valence-corrected chi connectivity index (χ0v) is 10.6. The van der Waals surface area contributed by atoms with E-state index in [1.807, 2.05) is 24.3 Å². The van der Waals surface area contributed by atoms with Crippen molar-refractivity contribution in [2.75, 3.05) is 18.5 Å². The summed E-state index contributed by atoms with van der Waals surface area (Å²) in [5.41, 5.74) is 1.45. The third-order valence-corrected chi connectivity index (χ3v) is 3.26. The van der Waals surface area contributed by atoms with E-state index in [0.717, 1.165) is 18.4 Å². The number of carbonyl (C=O) groups is 1. The third kappa shape index (κ3) is 3.09. The summed E-state index contributed by atoms with van der Waals surface area (Å²) in [7, 11) is 0. The number of para-hydroxylation sites is 1. The van der Waals surface area contributed by atoms with E-state index in [9.17, 15) is 9.90 Å². The minimum Gasteiger partial charge on any atom is -0.389 e. The molecule has 2 rings (SSSR count).